The summed E-state index contributed by atoms with van der Waals surface area (Å²) in [4.78, 5) is 19.1. The van der Waals surface area contributed by atoms with E-state index in [4.69, 9.17) is 0 Å². The third-order valence-electron chi connectivity index (χ3n) is 4.74. The van der Waals surface area contributed by atoms with Crippen LogP contribution in [0.3, 0.4) is 0 Å². The Morgan fingerprint density at radius 2 is 1.97 bits per heavy atom. The maximum absolute atomic E-state index is 11.1. The van der Waals surface area contributed by atoms with Crippen LogP contribution in [0.1, 0.15) is 50.2 Å². The van der Waals surface area contributed by atoms with Crippen LogP contribution in [0, 0.1) is 6.92 Å². The van der Waals surface area contributed by atoms with E-state index in [1.807, 2.05) is 0 Å². The minimum atomic E-state index is -0.123. The molecule has 0 atom stereocenters. The van der Waals surface area contributed by atoms with Gasteiger partial charge in [-0.3, -0.25) is 9.79 Å². The molecule has 0 spiro atoms. The molecule has 0 aliphatic carbocycles. The second kappa shape index (κ2) is 14.3. The van der Waals surface area contributed by atoms with Gasteiger partial charge in [0.2, 0.25) is 0 Å². The minimum Gasteiger partial charge on any atom is -0.469 e. The number of esters is 1. The van der Waals surface area contributed by atoms with Crippen molar-refractivity contribution >= 4 is 46.8 Å². The van der Waals surface area contributed by atoms with Crippen LogP contribution in [0.2, 0.25) is 0 Å². The summed E-state index contributed by atoms with van der Waals surface area (Å²) in [6.07, 6.45) is 7.59. The summed E-state index contributed by atoms with van der Waals surface area (Å²) in [5.41, 5.74) is 3.79. The number of unbranched alkanes of at least 4 members (excludes halogenated alkanes) is 3. The molecule has 0 saturated heterocycles. The van der Waals surface area contributed by atoms with E-state index >= 15 is 0 Å². The Morgan fingerprint density at radius 3 is 2.72 bits per heavy atom. The number of halogens is 1. The fourth-order valence-electron chi connectivity index (χ4n) is 3.19. The Bertz CT molecular complexity index is 773. The topological polar surface area (TPSA) is 78.5 Å². The predicted octanol–water partition coefficient (Wildman–Crippen LogP) is 4.32. The summed E-state index contributed by atoms with van der Waals surface area (Å²) >= 11 is 0. The maximum atomic E-state index is 11.1. The summed E-state index contributed by atoms with van der Waals surface area (Å²) in [5.74, 6) is 0.745. The average molecular weight is 514 g/mol. The molecule has 0 unspecified atom stereocenters. The van der Waals surface area contributed by atoms with Crippen molar-refractivity contribution in [3.63, 3.8) is 0 Å². The first-order valence-corrected chi connectivity index (χ1v) is 10.3. The van der Waals surface area contributed by atoms with Crippen LogP contribution in [0.5, 0.6) is 0 Å². The molecule has 0 fully saturated rings. The van der Waals surface area contributed by atoms with Crippen molar-refractivity contribution in [3.8, 4) is 0 Å². The highest BCUT2D eigenvalue weighted by molar-refractivity contribution is 14.0. The fraction of sp³-hybridized carbons (Fsp3) is 0.545. The number of hydrogen-bond donors (Lipinski definition) is 3. The lowest BCUT2D eigenvalue weighted by molar-refractivity contribution is -0.140. The summed E-state index contributed by atoms with van der Waals surface area (Å²) < 4.78 is 4.65. The van der Waals surface area contributed by atoms with E-state index in [0.717, 1.165) is 57.7 Å². The highest BCUT2D eigenvalue weighted by Gasteiger charge is 2.04. The average Bonchev–Trinajstić information content (AvgIpc) is 3.08. The number of nitrogens with one attached hydrogen (secondary N) is 3. The molecule has 0 saturated carbocycles. The Labute approximate surface area is 191 Å². The Balaban J connectivity index is 0.00000420. The second-order valence-corrected chi connectivity index (χ2v) is 7.04. The molecule has 2 rings (SSSR count). The van der Waals surface area contributed by atoms with Crippen molar-refractivity contribution in [2.75, 3.05) is 26.7 Å². The number of fused-ring (bicyclic) bond motifs is 1. The number of aliphatic imine (C=N–C) groups is 1. The van der Waals surface area contributed by atoms with E-state index in [1.54, 1.807) is 0 Å². The number of ether oxygens (including phenoxy) is 1. The van der Waals surface area contributed by atoms with Crippen LogP contribution >= 0.6 is 24.0 Å². The van der Waals surface area contributed by atoms with Crippen molar-refractivity contribution in [1.29, 1.82) is 0 Å². The van der Waals surface area contributed by atoms with E-state index in [2.05, 4.69) is 63.6 Å². The number of hydrogen-bond acceptors (Lipinski definition) is 3. The zero-order chi connectivity index (χ0) is 20.2. The lowest BCUT2D eigenvalue weighted by atomic mass is 10.1. The molecular weight excluding hydrogens is 479 g/mol. The van der Waals surface area contributed by atoms with Gasteiger partial charge in [-0.05, 0) is 50.3 Å². The number of guanidine groups is 1. The lowest BCUT2D eigenvalue weighted by Crippen LogP contribution is -2.38. The van der Waals surface area contributed by atoms with E-state index in [0.29, 0.717) is 6.42 Å². The van der Waals surface area contributed by atoms with Gasteiger partial charge in [-0.1, -0.05) is 25.0 Å². The Kier molecular flexibility index (Phi) is 12.4. The third-order valence-corrected chi connectivity index (χ3v) is 4.74. The van der Waals surface area contributed by atoms with Crippen molar-refractivity contribution in [1.82, 2.24) is 15.6 Å². The number of benzene rings is 1. The first kappa shape index (κ1) is 25.3. The third kappa shape index (κ3) is 9.06. The number of H-pyrrole nitrogens is 1. The normalized spacial score (nSPS) is 11.2. The lowest BCUT2D eigenvalue weighted by Gasteiger charge is -2.11. The highest BCUT2D eigenvalue weighted by Crippen LogP contribution is 2.19. The maximum Gasteiger partial charge on any atom is 0.305 e. The van der Waals surface area contributed by atoms with Crippen LogP contribution < -0.4 is 10.6 Å². The molecule has 1 aromatic heterocycles. The standard InChI is InChI=1S/C22H34N4O2.HI/c1-4-23-22(24-13-8-6-5-7-9-21(27)28-3)25-14-12-18-16-26-20-15-17(2)10-11-19(18)20;/h10-11,15-16,26H,4-9,12-14H2,1-3H3,(H2,23,24,25);1H. The van der Waals surface area contributed by atoms with Crippen molar-refractivity contribution < 1.29 is 9.53 Å². The number of aromatic nitrogens is 1. The van der Waals surface area contributed by atoms with Crippen LogP contribution in [0.4, 0.5) is 0 Å². The SMILES string of the molecule is CCNC(=NCCCCCCC(=O)OC)NCCc1c[nH]c2cc(C)ccc12.I. The van der Waals surface area contributed by atoms with Crippen molar-refractivity contribution in [2.45, 2.75) is 52.4 Å². The number of aromatic amines is 1. The first-order chi connectivity index (χ1) is 13.6. The molecule has 6 nitrogen and oxygen atoms in total. The van der Waals surface area contributed by atoms with Gasteiger partial charge in [-0.2, -0.15) is 0 Å². The van der Waals surface area contributed by atoms with Gasteiger partial charge < -0.3 is 20.4 Å². The van der Waals surface area contributed by atoms with E-state index < -0.39 is 0 Å². The molecule has 0 amide bonds. The van der Waals surface area contributed by atoms with Crippen LogP contribution in [0.25, 0.3) is 10.9 Å². The Hall–Kier alpha value is -1.77. The predicted molar refractivity (Wildman–Crippen MR) is 131 cm³/mol. The molecule has 3 N–H and O–H groups in total. The van der Waals surface area contributed by atoms with Gasteiger partial charge in [-0.15, -0.1) is 24.0 Å². The zero-order valence-electron chi connectivity index (χ0n) is 17.8. The second-order valence-electron chi connectivity index (χ2n) is 7.04. The molecule has 7 heteroatoms. The number of rotatable bonds is 11. The summed E-state index contributed by atoms with van der Waals surface area (Å²) in [6, 6.07) is 6.53. The monoisotopic (exact) mass is 514 g/mol. The van der Waals surface area contributed by atoms with E-state index in [-0.39, 0.29) is 29.9 Å². The number of methoxy groups -OCH3 is 1. The Morgan fingerprint density at radius 1 is 1.17 bits per heavy atom. The molecule has 162 valence electrons. The summed E-state index contributed by atoms with van der Waals surface area (Å²) in [7, 11) is 1.44. The number of carbonyl (C=O) groups is 1. The highest BCUT2D eigenvalue weighted by atomic mass is 127. The molecule has 0 bridgehead atoms. The molecule has 1 aromatic carbocycles. The molecule has 0 aliphatic rings. The summed E-state index contributed by atoms with van der Waals surface area (Å²) in [5, 5.41) is 8.02. The molecular formula is C22H35IN4O2. The van der Waals surface area contributed by atoms with Gasteiger partial charge in [0.1, 0.15) is 0 Å². The molecule has 0 radical (unpaired) electrons. The van der Waals surface area contributed by atoms with E-state index in [9.17, 15) is 4.79 Å². The van der Waals surface area contributed by atoms with Gasteiger partial charge in [0.05, 0.1) is 7.11 Å². The van der Waals surface area contributed by atoms with Crippen LogP contribution in [-0.4, -0.2) is 43.7 Å². The minimum absolute atomic E-state index is 0. The van der Waals surface area contributed by atoms with Crippen molar-refractivity contribution in [2.24, 2.45) is 4.99 Å². The number of nitrogens with zero attached hydrogens (tertiary/aromatic N) is 1. The molecule has 29 heavy (non-hydrogen) atoms. The van der Waals surface area contributed by atoms with Gasteiger partial charge in [-0.25, -0.2) is 0 Å². The number of aryl methyl sites for hydroxylation is 1. The van der Waals surface area contributed by atoms with Crippen LogP contribution in [0.15, 0.2) is 29.4 Å². The summed E-state index contributed by atoms with van der Waals surface area (Å²) in [6.45, 7) is 6.66. The van der Waals surface area contributed by atoms with Gasteiger partial charge in [0.15, 0.2) is 5.96 Å². The molecule has 0 aliphatic heterocycles. The first-order valence-electron chi connectivity index (χ1n) is 10.3. The quantitative estimate of drug-likeness (QED) is 0.137. The zero-order valence-corrected chi connectivity index (χ0v) is 20.2. The van der Waals surface area contributed by atoms with Gasteiger partial charge in [0.25, 0.3) is 0 Å². The smallest absolute Gasteiger partial charge is 0.305 e. The molecule has 2 aromatic rings. The van der Waals surface area contributed by atoms with E-state index in [1.165, 1.54) is 29.1 Å². The largest absolute Gasteiger partial charge is 0.469 e. The molecule has 1 heterocycles. The van der Waals surface area contributed by atoms with Gasteiger partial charge >= 0.3 is 5.97 Å². The fourth-order valence-corrected chi connectivity index (χ4v) is 3.19. The number of carbonyl (C=O) groups excluding carboxylic acids is 1. The van der Waals surface area contributed by atoms with Gasteiger partial charge in [0, 0.05) is 43.2 Å². The van der Waals surface area contributed by atoms with Crippen LogP contribution in [-0.2, 0) is 16.0 Å². The van der Waals surface area contributed by atoms with Crippen molar-refractivity contribution in [3.05, 3.63) is 35.5 Å².